The summed E-state index contributed by atoms with van der Waals surface area (Å²) in [5, 5.41) is 0. The van der Waals surface area contributed by atoms with Crippen molar-refractivity contribution in [3.05, 3.63) is 12.2 Å². The summed E-state index contributed by atoms with van der Waals surface area (Å²) in [5.74, 6) is 0.655. The topological polar surface area (TPSA) is 9.23 Å². The fourth-order valence-electron chi connectivity index (χ4n) is 2.95. The van der Waals surface area contributed by atoms with Crippen molar-refractivity contribution < 1.29 is 4.52 Å². The first kappa shape index (κ1) is 13.1. The van der Waals surface area contributed by atoms with Crippen LogP contribution in [0, 0.1) is 5.92 Å². The molecule has 2 rings (SSSR count). The van der Waals surface area contributed by atoms with Crippen LogP contribution in [-0.2, 0) is 16.3 Å². The Kier molecular flexibility index (Phi) is 3.16. The van der Waals surface area contributed by atoms with Gasteiger partial charge in [0.2, 0.25) is 0 Å². The molecule has 0 N–H and O–H groups in total. The van der Waals surface area contributed by atoms with Gasteiger partial charge >= 0.3 is 0 Å². The maximum Gasteiger partial charge on any atom is 0.118 e. The van der Waals surface area contributed by atoms with Crippen LogP contribution >= 0.6 is 16.8 Å². The van der Waals surface area contributed by atoms with E-state index in [1.807, 2.05) is 11.4 Å². The van der Waals surface area contributed by atoms with Gasteiger partial charge in [-0.05, 0) is 52.6 Å². The molecule has 16 heavy (non-hydrogen) atoms. The Balaban J connectivity index is 2.29. The molecular formula is C12H21OPS2. The first-order valence-electron chi connectivity index (χ1n) is 5.82. The van der Waals surface area contributed by atoms with Crippen molar-refractivity contribution in [3.63, 3.8) is 0 Å². The van der Waals surface area contributed by atoms with Crippen LogP contribution in [0.3, 0.4) is 0 Å². The Labute approximate surface area is 108 Å². The van der Waals surface area contributed by atoms with Gasteiger partial charge in [0, 0.05) is 4.75 Å². The number of fused-ring (bicyclic) bond motifs is 1. The third kappa shape index (κ3) is 2.05. The number of allylic oxidation sites excluding steroid dienone is 1. The summed E-state index contributed by atoms with van der Waals surface area (Å²) in [7, 11) is 0. The standard InChI is InChI=1S/C12H21OPS2/c1-9(2)10-6-7-11(3)12(4,8-10)16-14(5,15)13-11/h10H,1,6-8H2,2-5H3/t10-,11+,12+,14?/m1/s1. The van der Waals surface area contributed by atoms with Gasteiger partial charge in [0.05, 0.1) is 5.60 Å². The third-order valence-corrected chi connectivity index (χ3v) is 9.55. The highest BCUT2D eigenvalue weighted by molar-refractivity contribution is 8.70. The van der Waals surface area contributed by atoms with Crippen LogP contribution in [0.25, 0.3) is 0 Å². The average molecular weight is 276 g/mol. The lowest BCUT2D eigenvalue weighted by molar-refractivity contribution is 0.0291. The Morgan fingerprint density at radius 2 is 2.19 bits per heavy atom. The molecule has 0 amide bonds. The van der Waals surface area contributed by atoms with Gasteiger partial charge in [0.25, 0.3) is 0 Å². The predicted octanol–water partition coefficient (Wildman–Crippen LogP) is 4.58. The van der Waals surface area contributed by atoms with Crippen LogP contribution in [0.5, 0.6) is 0 Å². The van der Waals surface area contributed by atoms with Crippen LogP contribution < -0.4 is 0 Å². The van der Waals surface area contributed by atoms with E-state index in [9.17, 15) is 0 Å². The maximum absolute atomic E-state index is 6.23. The molecule has 1 aliphatic carbocycles. The lowest BCUT2D eigenvalue weighted by atomic mass is 9.70. The second-order valence-electron chi connectivity index (χ2n) is 5.70. The molecular weight excluding hydrogens is 255 g/mol. The number of hydrogen-bond donors (Lipinski definition) is 0. The second kappa shape index (κ2) is 3.85. The van der Waals surface area contributed by atoms with E-state index in [4.69, 9.17) is 16.3 Å². The minimum absolute atomic E-state index is 0.00606. The largest absolute Gasteiger partial charge is 0.334 e. The summed E-state index contributed by atoms with van der Waals surface area (Å²) in [4.78, 5) is 0. The number of rotatable bonds is 1. The van der Waals surface area contributed by atoms with Gasteiger partial charge in [-0.3, -0.25) is 0 Å². The molecule has 1 saturated heterocycles. The molecule has 4 heteroatoms. The molecule has 1 nitrogen and oxygen atoms in total. The molecule has 0 aromatic heterocycles. The zero-order valence-electron chi connectivity index (χ0n) is 10.6. The molecule has 0 aromatic carbocycles. The monoisotopic (exact) mass is 276 g/mol. The molecule has 0 bridgehead atoms. The zero-order chi connectivity index (χ0) is 12.2. The number of hydrogen-bond acceptors (Lipinski definition) is 3. The summed E-state index contributed by atoms with van der Waals surface area (Å²) in [6.45, 7) is 13.0. The van der Waals surface area contributed by atoms with Crippen LogP contribution in [0.1, 0.15) is 40.0 Å². The average Bonchev–Trinajstić information content (AvgIpc) is 2.27. The second-order valence-corrected chi connectivity index (χ2v) is 13.9. The van der Waals surface area contributed by atoms with Crippen molar-refractivity contribution in [3.8, 4) is 0 Å². The minimum atomic E-state index is -1.62. The molecule has 1 unspecified atom stereocenters. The summed E-state index contributed by atoms with van der Waals surface area (Å²) in [5.41, 5.74) is -0.302. The van der Waals surface area contributed by atoms with E-state index in [1.54, 1.807) is 0 Å². The highest BCUT2D eigenvalue weighted by Crippen LogP contribution is 2.76. The van der Waals surface area contributed by atoms with Gasteiger partial charge in [-0.1, -0.05) is 35.3 Å². The highest BCUT2D eigenvalue weighted by atomic mass is 32.9. The molecule has 1 heterocycles. The Bertz CT molecular complexity index is 381. The normalized spacial score (nSPS) is 52.4. The van der Waals surface area contributed by atoms with E-state index >= 15 is 0 Å². The van der Waals surface area contributed by atoms with Crippen molar-refractivity contribution in [2.45, 2.75) is 50.4 Å². The lowest BCUT2D eigenvalue weighted by Crippen LogP contribution is -2.49. The molecule has 1 aliphatic heterocycles. The molecule has 0 aromatic rings. The van der Waals surface area contributed by atoms with Crippen LogP contribution in [0.2, 0.25) is 0 Å². The quantitative estimate of drug-likeness (QED) is 0.512. The minimum Gasteiger partial charge on any atom is -0.334 e. The van der Waals surface area contributed by atoms with E-state index in [2.05, 4.69) is 34.0 Å². The predicted molar refractivity (Wildman–Crippen MR) is 77.9 cm³/mol. The lowest BCUT2D eigenvalue weighted by Gasteiger charge is -2.45. The van der Waals surface area contributed by atoms with Gasteiger partial charge in [0.15, 0.2) is 0 Å². The van der Waals surface area contributed by atoms with Crippen molar-refractivity contribution in [1.29, 1.82) is 0 Å². The van der Waals surface area contributed by atoms with Crippen molar-refractivity contribution in [2.24, 2.45) is 5.92 Å². The first-order chi connectivity index (χ1) is 7.18. The maximum atomic E-state index is 6.23. The highest BCUT2D eigenvalue weighted by Gasteiger charge is 2.58. The van der Waals surface area contributed by atoms with E-state index < -0.39 is 5.47 Å². The van der Waals surface area contributed by atoms with E-state index in [-0.39, 0.29) is 10.3 Å². The van der Waals surface area contributed by atoms with Crippen molar-refractivity contribution >= 4 is 28.7 Å². The van der Waals surface area contributed by atoms with Crippen LogP contribution in [0.4, 0.5) is 0 Å². The smallest absolute Gasteiger partial charge is 0.118 e. The molecule has 4 atom stereocenters. The molecule has 92 valence electrons. The van der Waals surface area contributed by atoms with Crippen molar-refractivity contribution in [2.75, 3.05) is 6.66 Å². The van der Waals surface area contributed by atoms with Crippen LogP contribution in [0.15, 0.2) is 12.2 Å². The van der Waals surface area contributed by atoms with Gasteiger partial charge in [-0.2, -0.15) is 0 Å². The van der Waals surface area contributed by atoms with Gasteiger partial charge in [-0.25, -0.2) is 0 Å². The summed E-state index contributed by atoms with van der Waals surface area (Å²) < 4.78 is 6.42. The van der Waals surface area contributed by atoms with Gasteiger partial charge in [0.1, 0.15) is 5.47 Å². The molecule has 2 aliphatic rings. The van der Waals surface area contributed by atoms with E-state index in [0.29, 0.717) is 5.92 Å². The summed E-state index contributed by atoms with van der Waals surface area (Å²) in [6.07, 6.45) is 3.51. The van der Waals surface area contributed by atoms with Crippen molar-refractivity contribution in [1.82, 2.24) is 0 Å². The van der Waals surface area contributed by atoms with Gasteiger partial charge < -0.3 is 4.52 Å². The Morgan fingerprint density at radius 1 is 1.56 bits per heavy atom. The van der Waals surface area contributed by atoms with E-state index in [1.165, 1.54) is 18.4 Å². The van der Waals surface area contributed by atoms with Gasteiger partial charge in [-0.15, -0.1) is 0 Å². The first-order valence-corrected chi connectivity index (χ1v) is 10.4. The summed E-state index contributed by atoms with van der Waals surface area (Å²) in [6, 6.07) is 0. The SMILES string of the molecule is C=C(C)[C@@H]1CC[C@]2(C)OP(C)(=S)S[C@@]2(C)C1. The fourth-order valence-corrected chi connectivity index (χ4v) is 11.0. The molecule has 0 radical (unpaired) electrons. The third-order valence-electron chi connectivity index (χ3n) is 4.16. The fraction of sp³-hybridized carbons (Fsp3) is 0.833. The molecule has 0 spiro atoms. The molecule has 1 saturated carbocycles. The Morgan fingerprint density at radius 3 is 2.75 bits per heavy atom. The Hall–Kier alpha value is 0.700. The summed E-state index contributed by atoms with van der Waals surface area (Å²) >= 11 is 7.54. The zero-order valence-corrected chi connectivity index (χ0v) is 13.1. The molecule has 2 fully saturated rings. The van der Waals surface area contributed by atoms with E-state index in [0.717, 1.165) is 6.42 Å². The van der Waals surface area contributed by atoms with Crippen LogP contribution in [-0.4, -0.2) is 17.0 Å².